The first-order valence-electron chi connectivity index (χ1n) is 8.72. The second-order valence-corrected chi connectivity index (χ2v) is 6.93. The number of aryl methyl sites for hydroxylation is 1. The van der Waals surface area contributed by atoms with Crippen LogP contribution in [0, 0.1) is 5.92 Å². The fourth-order valence-corrected chi connectivity index (χ4v) is 4.40. The maximum absolute atomic E-state index is 13.2. The van der Waals surface area contributed by atoms with Gasteiger partial charge in [0.25, 0.3) is 0 Å². The minimum Gasteiger partial charge on any atom is -0.358 e. The number of aromatic amines is 1. The molecule has 0 bridgehead atoms. The van der Waals surface area contributed by atoms with Gasteiger partial charge in [0.15, 0.2) is 0 Å². The molecule has 5 rings (SSSR count). The molecule has 0 spiro atoms. The van der Waals surface area contributed by atoms with Gasteiger partial charge in [-0.2, -0.15) is 0 Å². The van der Waals surface area contributed by atoms with E-state index in [9.17, 15) is 9.59 Å². The summed E-state index contributed by atoms with van der Waals surface area (Å²) in [5.41, 5.74) is 4.20. The predicted octanol–water partition coefficient (Wildman–Crippen LogP) is 3.38. The number of aromatic nitrogens is 1. The number of amides is 2. The topological polar surface area (TPSA) is 53.2 Å². The molecular weight excluding hydrogens is 312 g/mol. The lowest BCUT2D eigenvalue weighted by Gasteiger charge is -2.21. The zero-order valence-electron chi connectivity index (χ0n) is 13.7. The standard InChI is InChI=1S/C21H18N2O2/c24-20-15-10-11-17-18(14-8-4-5-9-16(14)22-17)19(15)21(25)23(20)12-13-6-2-1-3-7-13/h1-9,15,19,22H,10-12H2/t15-,19+/m0/s1. The van der Waals surface area contributed by atoms with Gasteiger partial charge in [-0.15, -0.1) is 0 Å². The van der Waals surface area contributed by atoms with E-state index in [1.54, 1.807) is 0 Å². The molecule has 2 aliphatic rings. The molecule has 3 aromatic rings. The van der Waals surface area contributed by atoms with Crippen molar-refractivity contribution < 1.29 is 9.59 Å². The predicted molar refractivity (Wildman–Crippen MR) is 94.8 cm³/mol. The largest absolute Gasteiger partial charge is 0.358 e. The number of hydrogen-bond donors (Lipinski definition) is 1. The van der Waals surface area contributed by atoms with Crippen molar-refractivity contribution in [3.63, 3.8) is 0 Å². The number of carbonyl (C=O) groups excluding carboxylic acids is 2. The fraction of sp³-hybridized carbons (Fsp3) is 0.238. The van der Waals surface area contributed by atoms with E-state index in [-0.39, 0.29) is 23.7 Å². The molecule has 0 saturated carbocycles. The Labute approximate surface area is 145 Å². The highest BCUT2D eigenvalue weighted by molar-refractivity contribution is 6.10. The van der Waals surface area contributed by atoms with Gasteiger partial charge >= 0.3 is 0 Å². The Morgan fingerprint density at radius 1 is 0.960 bits per heavy atom. The van der Waals surface area contributed by atoms with Crippen molar-refractivity contribution in [1.82, 2.24) is 9.88 Å². The third-order valence-corrected chi connectivity index (χ3v) is 5.55. The van der Waals surface area contributed by atoms with E-state index >= 15 is 0 Å². The Morgan fingerprint density at radius 3 is 2.56 bits per heavy atom. The van der Waals surface area contributed by atoms with E-state index < -0.39 is 0 Å². The Bertz CT molecular complexity index is 990. The highest BCUT2D eigenvalue weighted by atomic mass is 16.2. The molecule has 0 unspecified atom stereocenters. The van der Waals surface area contributed by atoms with E-state index in [1.165, 1.54) is 4.90 Å². The normalized spacial score (nSPS) is 22.3. The van der Waals surface area contributed by atoms with Crippen molar-refractivity contribution in [1.29, 1.82) is 0 Å². The molecule has 4 heteroatoms. The van der Waals surface area contributed by atoms with E-state index in [4.69, 9.17) is 0 Å². The second-order valence-electron chi connectivity index (χ2n) is 6.93. The first kappa shape index (κ1) is 14.5. The third kappa shape index (κ3) is 2.07. The molecule has 1 fully saturated rings. The van der Waals surface area contributed by atoms with E-state index in [0.717, 1.165) is 40.6 Å². The van der Waals surface area contributed by atoms with Gasteiger partial charge in [0.05, 0.1) is 18.4 Å². The number of benzene rings is 2. The van der Waals surface area contributed by atoms with Crippen molar-refractivity contribution >= 4 is 22.7 Å². The van der Waals surface area contributed by atoms with Gasteiger partial charge in [-0.25, -0.2) is 0 Å². The molecule has 2 atom stereocenters. The lowest BCUT2D eigenvalue weighted by atomic mass is 9.78. The Morgan fingerprint density at radius 2 is 1.72 bits per heavy atom. The summed E-state index contributed by atoms with van der Waals surface area (Å²) in [5.74, 6) is -0.627. The van der Waals surface area contributed by atoms with Gasteiger partial charge in [0, 0.05) is 16.6 Å². The first-order valence-corrected chi connectivity index (χ1v) is 8.72. The molecule has 25 heavy (non-hydrogen) atoms. The van der Waals surface area contributed by atoms with Crippen molar-refractivity contribution in [2.24, 2.45) is 5.92 Å². The van der Waals surface area contributed by atoms with E-state index in [1.807, 2.05) is 54.6 Å². The zero-order valence-corrected chi connectivity index (χ0v) is 13.7. The number of nitrogens with one attached hydrogen (secondary N) is 1. The maximum Gasteiger partial charge on any atom is 0.237 e. The summed E-state index contributed by atoms with van der Waals surface area (Å²) >= 11 is 0. The summed E-state index contributed by atoms with van der Waals surface area (Å²) in [6.45, 7) is 0.364. The van der Waals surface area contributed by atoms with Gasteiger partial charge < -0.3 is 4.98 Å². The SMILES string of the molecule is O=C1[C@H]2CCc3[nH]c4ccccc4c3[C@@H]2C(=O)N1Cc1ccccc1. The minimum absolute atomic E-state index is 0.0187. The van der Waals surface area contributed by atoms with E-state index in [2.05, 4.69) is 4.98 Å². The summed E-state index contributed by atoms with van der Waals surface area (Å²) in [7, 11) is 0. The second kappa shape index (κ2) is 5.31. The lowest BCUT2D eigenvalue weighted by Crippen LogP contribution is -2.30. The molecule has 1 N–H and O–H groups in total. The van der Waals surface area contributed by atoms with Crippen LogP contribution in [0.1, 0.15) is 29.2 Å². The van der Waals surface area contributed by atoms with Crippen LogP contribution in [0.3, 0.4) is 0 Å². The smallest absolute Gasteiger partial charge is 0.237 e. The van der Waals surface area contributed by atoms with Gasteiger partial charge in [-0.3, -0.25) is 14.5 Å². The quantitative estimate of drug-likeness (QED) is 0.732. The zero-order chi connectivity index (χ0) is 17.0. The van der Waals surface area contributed by atoms with Crippen molar-refractivity contribution in [3.8, 4) is 0 Å². The number of imide groups is 1. The number of para-hydroxylation sites is 1. The first-order chi connectivity index (χ1) is 12.2. The fourth-order valence-electron chi connectivity index (χ4n) is 4.40. The number of carbonyl (C=O) groups is 2. The van der Waals surface area contributed by atoms with E-state index in [0.29, 0.717) is 6.54 Å². The summed E-state index contributed by atoms with van der Waals surface area (Å²) in [5, 5.41) is 1.08. The highest BCUT2D eigenvalue weighted by Crippen LogP contribution is 2.46. The van der Waals surface area contributed by atoms with Gasteiger partial charge in [0.1, 0.15) is 0 Å². The highest BCUT2D eigenvalue weighted by Gasteiger charge is 2.51. The van der Waals surface area contributed by atoms with Crippen molar-refractivity contribution in [2.75, 3.05) is 0 Å². The van der Waals surface area contributed by atoms with Gasteiger partial charge in [0.2, 0.25) is 11.8 Å². The average molecular weight is 330 g/mol. The summed E-state index contributed by atoms with van der Waals surface area (Å²) in [6, 6.07) is 17.8. The summed E-state index contributed by atoms with van der Waals surface area (Å²) in [6.07, 6.45) is 1.56. The Kier molecular flexibility index (Phi) is 3.07. The van der Waals surface area contributed by atoms with Crippen molar-refractivity contribution in [2.45, 2.75) is 25.3 Å². The monoisotopic (exact) mass is 330 g/mol. The molecule has 1 aliphatic heterocycles. The average Bonchev–Trinajstić information content (AvgIpc) is 3.13. The summed E-state index contributed by atoms with van der Waals surface area (Å²) in [4.78, 5) is 31.0. The van der Waals surface area contributed by atoms with Crippen LogP contribution in [-0.4, -0.2) is 21.7 Å². The number of hydrogen-bond acceptors (Lipinski definition) is 2. The molecular formula is C21H18N2O2. The Hall–Kier alpha value is -2.88. The molecule has 2 amide bonds. The van der Waals surface area contributed by atoms with Crippen LogP contribution in [0.25, 0.3) is 10.9 Å². The molecule has 1 saturated heterocycles. The maximum atomic E-state index is 13.2. The van der Waals surface area contributed by atoms with Crippen LogP contribution in [0.2, 0.25) is 0 Å². The van der Waals surface area contributed by atoms with Crippen LogP contribution in [-0.2, 0) is 22.6 Å². The molecule has 2 aromatic carbocycles. The minimum atomic E-state index is -0.337. The Balaban J connectivity index is 1.58. The number of nitrogens with zero attached hydrogens (tertiary/aromatic N) is 1. The van der Waals surface area contributed by atoms with Crippen LogP contribution in [0.15, 0.2) is 54.6 Å². The van der Waals surface area contributed by atoms with Crippen LogP contribution in [0.5, 0.6) is 0 Å². The molecule has 4 nitrogen and oxygen atoms in total. The number of fused-ring (bicyclic) bond motifs is 5. The molecule has 0 radical (unpaired) electrons. The number of likely N-dealkylation sites (tertiary alicyclic amines) is 1. The van der Waals surface area contributed by atoms with Crippen molar-refractivity contribution in [3.05, 3.63) is 71.4 Å². The molecule has 124 valence electrons. The van der Waals surface area contributed by atoms with Gasteiger partial charge in [-0.05, 0) is 30.0 Å². The number of H-pyrrole nitrogens is 1. The van der Waals surface area contributed by atoms with Crippen LogP contribution >= 0.6 is 0 Å². The summed E-state index contributed by atoms with van der Waals surface area (Å²) < 4.78 is 0. The van der Waals surface area contributed by atoms with Gasteiger partial charge in [-0.1, -0.05) is 48.5 Å². The molecule has 1 aliphatic carbocycles. The molecule has 2 heterocycles. The third-order valence-electron chi connectivity index (χ3n) is 5.55. The number of rotatable bonds is 2. The van der Waals surface area contributed by atoms with Crippen LogP contribution in [0.4, 0.5) is 0 Å². The molecule has 1 aromatic heterocycles. The van der Waals surface area contributed by atoms with Crippen LogP contribution < -0.4 is 0 Å². The lowest BCUT2D eigenvalue weighted by molar-refractivity contribution is -0.140.